The molecular formula is C21H30N4O3. The van der Waals surface area contributed by atoms with Gasteiger partial charge in [-0.15, -0.1) is 0 Å². The highest BCUT2D eigenvalue weighted by Gasteiger charge is 2.37. The van der Waals surface area contributed by atoms with Crippen LogP contribution in [0.3, 0.4) is 0 Å². The number of carbonyl (C=O) groups is 2. The van der Waals surface area contributed by atoms with E-state index >= 15 is 0 Å². The average molecular weight is 386 g/mol. The topological polar surface area (TPSA) is 100 Å². The summed E-state index contributed by atoms with van der Waals surface area (Å²) in [4.78, 5) is 30.3. The van der Waals surface area contributed by atoms with Crippen LogP contribution >= 0.6 is 0 Å². The van der Waals surface area contributed by atoms with Crippen LogP contribution in [0, 0.1) is 5.92 Å². The number of primary amides is 1. The number of carbonyl (C=O) groups excluding carboxylic acids is 2. The Morgan fingerprint density at radius 1 is 1.39 bits per heavy atom. The zero-order valence-corrected chi connectivity index (χ0v) is 16.8. The molecule has 1 aromatic heterocycles. The van der Waals surface area contributed by atoms with Crippen LogP contribution < -0.4 is 11.1 Å². The van der Waals surface area contributed by atoms with Gasteiger partial charge in [0.2, 0.25) is 11.8 Å². The van der Waals surface area contributed by atoms with Crippen molar-refractivity contribution < 1.29 is 14.3 Å². The Bertz CT molecular complexity index is 834. The summed E-state index contributed by atoms with van der Waals surface area (Å²) < 4.78 is 5.67. The molecule has 1 fully saturated rings. The fraction of sp³-hybridized carbons (Fsp3) is 0.524. The molecule has 4 N–H and O–H groups in total. The maximum Gasteiger partial charge on any atom is 0.240 e. The Hall–Kier alpha value is -2.38. The summed E-state index contributed by atoms with van der Waals surface area (Å²) >= 11 is 0. The van der Waals surface area contributed by atoms with Crippen LogP contribution in [0.1, 0.15) is 25.3 Å². The maximum atomic E-state index is 12.9. The highest BCUT2D eigenvalue weighted by molar-refractivity contribution is 5.89. The summed E-state index contributed by atoms with van der Waals surface area (Å²) in [6.45, 7) is 2.85. The van der Waals surface area contributed by atoms with Gasteiger partial charge in [0.25, 0.3) is 0 Å². The first-order chi connectivity index (χ1) is 13.4. The molecular weight excluding hydrogens is 356 g/mol. The second-order valence-electron chi connectivity index (χ2n) is 7.71. The molecule has 0 saturated carbocycles. The Morgan fingerprint density at radius 2 is 2.14 bits per heavy atom. The summed E-state index contributed by atoms with van der Waals surface area (Å²) in [5, 5.41) is 3.87. The zero-order valence-electron chi connectivity index (χ0n) is 16.8. The number of para-hydroxylation sites is 1. The van der Waals surface area contributed by atoms with Gasteiger partial charge in [0.05, 0.1) is 12.0 Å². The predicted molar refractivity (Wildman–Crippen MR) is 109 cm³/mol. The highest BCUT2D eigenvalue weighted by Crippen LogP contribution is 2.25. The average Bonchev–Trinajstić information content (AvgIpc) is 3.28. The van der Waals surface area contributed by atoms with E-state index in [9.17, 15) is 9.59 Å². The molecule has 7 nitrogen and oxygen atoms in total. The molecule has 1 aromatic carbocycles. The van der Waals surface area contributed by atoms with Crippen molar-refractivity contribution >= 4 is 22.7 Å². The van der Waals surface area contributed by atoms with Gasteiger partial charge in [-0.25, -0.2) is 0 Å². The van der Waals surface area contributed by atoms with E-state index < -0.39 is 11.9 Å². The summed E-state index contributed by atoms with van der Waals surface area (Å²) in [5.41, 5.74) is 7.54. The number of methoxy groups -OCH3 is 1. The highest BCUT2D eigenvalue weighted by atomic mass is 16.5. The molecule has 2 amide bonds. The largest absolute Gasteiger partial charge is 0.379 e. The number of amides is 2. The number of fused-ring (bicyclic) bond motifs is 1. The fourth-order valence-electron chi connectivity index (χ4n) is 4.24. The third kappa shape index (κ3) is 4.20. The fourth-order valence-corrected chi connectivity index (χ4v) is 4.24. The molecule has 1 saturated heterocycles. The van der Waals surface area contributed by atoms with E-state index in [0.29, 0.717) is 6.42 Å². The number of rotatable bonds is 8. The van der Waals surface area contributed by atoms with Gasteiger partial charge in [-0.3, -0.25) is 9.59 Å². The second kappa shape index (κ2) is 8.75. The molecule has 4 atom stereocenters. The molecule has 0 radical (unpaired) electrons. The number of aromatic amines is 1. The van der Waals surface area contributed by atoms with E-state index in [1.165, 1.54) is 0 Å². The van der Waals surface area contributed by atoms with Crippen LogP contribution in [0.4, 0.5) is 0 Å². The lowest BCUT2D eigenvalue weighted by Crippen LogP contribution is -2.52. The van der Waals surface area contributed by atoms with Crippen LogP contribution in [0.2, 0.25) is 0 Å². The summed E-state index contributed by atoms with van der Waals surface area (Å²) in [5.74, 6) is -1.14. The molecule has 152 valence electrons. The van der Waals surface area contributed by atoms with Gasteiger partial charge in [-0.1, -0.05) is 25.1 Å². The quantitative estimate of drug-likeness (QED) is 0.639. The normalized spacial score (nSPS) is 20.8. The molecule has 28 heavy (non-hydrogen) atoms. The summed E-state index contributed by atoms with van der Waals surface area (Å²) in [6.07, 6.45) is 4.08. The van der Waals surface area contributed by atoms with E-state index in [1.807, 2.05) is 37.4 Å². The first-order valence-electron chi connectivity index (χ1n) is 9.80. The number of likely N-dealkylation sites (N-methyl/N-ethyl adjacent to an activating group) is 1. The van der Waals surface area contributed by atoms with Crippen molar-refractivity contribution in [2.24, 2.45) is 11.7 Å². The maximum absolute atomic E-state index is 12.9. The van der Waals surface area contributed by atoms with Crippen LogP contribution in [0.25, 0.3) is 10.9 Å². The van der Waals surface area contributed by atoms with Crippen molar-refractivity contribution in [3.8, 4) is 0 Å². The molecule has 1 aliphatic rings. The van der Waals surface area contributed by atoms with Crippen molar-refractivity contribution in [2.75, 3.05) is 20.7 Å². The van der Waals surface area contributed by atoms with E-state index in [2.05, 4.69) is 22.2 Å². The van der Waals surface area contributed by atoms with E-state index in [-0.39, 0.29) is 24.0 Å². The monoisotopic (exact) mass is 386 g/mol. The van der Waals surface area contributed by atoms with Crippen molar-refractivity contribution in [2.45, 2.75) is 44.4 Å². The Labute approximate surface area is 165 Å². The lowest BCUT2D eigenvalue weighted by molar-refractivity contribution is -0.134. The molecule has 7 heteroatoms. The van der Waals surface area contributed by atoms with Crippen molar-refractivity contribution in [3.63, 3.8) is 0 Å². The number of nitrogens with zero attached hydrogens (tertiary/aromatic N) is 1. The minimum absolute atomic E-state index is 0.200. The number of hydrogen-bond acceptors (Lipinski definition) is 4. The molecule has 0 spiro atoms. The van der Waals surface area contributed by atoms with Gasteiger partial charge in [-0.2, -0.15) is 0 Å². The van der Waals surface area contributed by atoms with E-state index in [4.69, 9.17) is 10.5 Å². The van der Waals surface area contributed by atoms with E-state index in [1.54, 1.807) is 7.11 Å². The Morgan fingerprint density at radius 3 is 2.79 bits per heavy atom. The van der Waals surface area contributed by atoms with Crippen LogP contribution in [-0.2, 0) is 20.7 Å². The molecule has 1 aliphatic heterocycles. The minimum atomic E-state index is -0.770. The van der Waals surface area contributed by atoms with Crippen molar-refractivity contribution in [1.82, 2.24) is 15.2 Å². The number of nitrogens with two attached hydrogens (primary N) is 1. The number of benzene rings is 1. The van der Waals surface area contributed by atoms with Crippen LogP contribution in [-0.4, -0.2) is 60.6 Å². The van der Waals surface area contributed by atoms with Gasteiger partial charge >= 0.3 is 0 Å². The van der Waals surface area contributed by atoms with Gasteiger partial charge in [0, 0.05) is 36.7 Å². The van der Waals surface area contributed by atoms with Crippen molar-refractivity contribution in [1.29, 1.82) is 0 Å². The third-order valence-electron chi connectivity index (χ3n) is 5.89. The lowest BCUT2D eigenvalue weighted by Gasteiger charge is -2.32. The molecule has 0 bridgehead atoms. The second-order valence-corrected chi connectivity index (χ2v) is 7.71. The van der Waals surface area contributed by atoms with Gasteiger partial charge in [0.15, 0.2) is 0 Å². The number of aromatic nitrogens is 1. The molecule has 3 rings (SSSR count). The Kier molecular flexibility index (Phi) is 6.36. The molecule has 0 aliphatic carbocycles. The first-order valence-corrected chi connectivity index (χ1v) is 9.80. The SMILES string of the molecule is COC(C(C)C(=O)N[C@@H](Cc1c[nH]c2ccccc12)C(N)=O)C1CCCN1C. The minimum Gasteiger partial charge on any atom is -0.379 e. The van der Waals surface area contributed by atoms with Gasteiger partial charge < -0.3 is 25.7 Å². The standard InChI is InChI=1S/C21H30N4O3/c1-13(19(28-3)18-9-6-10-25(18)2)21(27)24-17(20(22)26)11-14-12-23-16-8-5-4-7-15(14)16/h4-5,7-8,12-13,17-19,23H,6,9-11H2,1-3H3,(H2,22,26)(H,24,27)/t13?,17-,18?,19?/m0/s1. The number of H-pyrrole nitrogens is 1. The summed E-state index contributed by atoms with van der Waals surface area (Å²) in [6, 6.07) is 7.28. The third-order valence-corrected chi connectivity index (χ3v) is 5.89. The van der Waals surface area contributed by atoms with Crippen molar-refractivity contribution in [3.05, 3.63) is 36.0 Å². The molecule has 2 aromatic rings. The smallest absolute Gasteiger partial charge is 0.240 e. The first kappa shape index (κ1) is 20.4. The van der Waals surface area contributed by atoms with Gasteiger partial charge in [0.1, 0.15) is 6.04 Å². The predicted octanol–water partition coefficient (Wildman–Crippen LogP) is 1.43. The lowest BCUT2D eigenvalue weighted by atomic mass is 9.94. The number of nitrogens with one attached hydrogen (secondary N) is 2. The van der Waals surface area contributed by atoms with Crippen LogP contribution in [0.5, 0.6) is 0 Å². The number of hydrogen-bond donors (Lipinski definition) is 3. The Balaban J connectivity index is 1.71. The van der Waals surface area contributed by atoms with Gasteiger partial charge in [-0.05, 0) is 38.1 Å². The van der Waals surface area contributed by atoms with Crippen LogP contribution in [0.15, 0.2) is 30.5 Å². The number of ether oxygens (including phenoxy) is 1. The summed E-state index contributed by atoms with van der Waals surface area (Å²) in [7, 11) is 3.69. The van der Waals surface area contributed by atoms with E-state index in [0.717, 1.165) is 35.9 Å². The number of likely N-dealkylation sites (tertiary alicyclic amines) is 1. The molecule has 3 unspecified atom stereocenters. The molecule has 2 heterocycles. The zero-order chi connectivity index (χ0) is 20.3.